The standard InChI is InChI=1S/C7H11N7O4/c8-4(15)1-3(6(16)17)10-7(18)9-2-5-11-13-14-12-5/h3H,1-2H2,(H2,8,15)(H,16,17)(H2,9,10,18)(H,11,12,13,14). The summed E-state index contributed by atoms with van der Waals surface area (Å²) in [5.41, 5.74) is 4.85. The van der Waals surface area contributed by atoms with Crippen molar-refractivity contribution in [2.45, 2.75) is 19.0 Å². The molecule has 0 aromatic carbocycles. The van der Waals surface area contributed by atoms with Crippen molar-refractivity contribution in [2.24, 2.45) is 5.73 Å². The minimum Gasteiger partial charge on any atom is -0.480 e. The fourth-order valence-corrected chi connectivity index (χ4v) is 1.03. The van der Waals surface area contributed by atoms with Gasteiger partial charge >= 0.3 is 12.0 Å². The van der Waals surface area contributed by atoms with Gasteiger partial charge in [-0.25, -0.2) is 9.59 Å². The van der Waals surface area contributed by atoms with Crippen molar-refractivity contribution < 1.29 is 19.5 Å². The highest BCUT2D eigenvalue weighted by atomic mass is 16.4. The van der Waals surface area contributed by atoms with E-state index in [2.05, 4.69) is 31.3 Å². The molecule has 98 valence electrons. The lowest BCUT2D eigenvalue weighted by Gasteiger charge is -2.12. The Kier molecular flexibility index (Phi) is 4.54. The first-order valence-electron chi connectivity index (χ1n) is 4.77. The van der Waals surface area contributed by atoms with Crippen LogP contribution in [0.15, 0.2) is 0 Å². The van der Waals surface area contributed by atoms with Crippen LogP contribution in [0.5, 0.6) is 0 Å². The van der Waals surface area contributed by atoms with Gasteiger partial charge in [0.25, 0.3) is 0 Å². The van der Waals surface area contributed by atoms with Crippen LogP contribution in [0.4, 0.5) is 4.79 Å². The Balaban J connectivity index is 2.41. The lowest BCUT2D eigenvalue weighted by Crippen LogP contribution is -2.47. The van der Waals surface area contributed by atoms with Crippen LogP contribution >= 0.6 is 0 Å². The Morgan fingerprint density at radius 3 is 2.67 bits per heavy atom. The molecule has 0 aliphatic rings. The van der Waals surface area contributed by atoms with Crippen molar-refractivity contribution in [3.63, 3.8) is 0 Å². The number of carboxylic acid groups (broad SMARTS) is 1. The van der Waals surface area contributed by atoms with Gasteiger partial charge < -0.3 is 21.5 Å². The van der Waals surface area contributed by atoms with Gasteiger partial charge in [-0.1, -0.05) is 5.21 Å². The number of carboxylic acids is 1. The summed E-state index contributed by atoms with van der Waals surface area (Å²) >= 11 is 0. The molecule has 18 heavy (non-hydrogen) atoms. The summed E-state index contributed by atoms with van der Waals surface area (Å²) in [4.78, 5) is 32.6. The van der Waals surface area contributed by atoms with E-state index in [0.717, 1.165) is 0 Å². The van der Waals surface area contributed by atoms with Crippen LogP contribution in [0.1, 0.15) is 12.2 Å². The molecule has 1 aromatic heterocycles. The number of tetrazole rings is 1. The highest BCUT2D eigenvalue weighted by Crippen LogP contribution is 1.92. The second kappa shape index (κ2) is 6.12. The molecule has 0 aliphatic carbocycles. The fraction of sp³-hybridized carbons (Fsp3) is 0.429. The van der Waals surface area contributed by atoms with Gasteiger partial charge in [0.2, 0.25) is 5.91 Å². The molecule has 1 atom stereocenters. The third-order valence-corrected chi connectivity index (χ3v) is 1.80. The molecule has 0 fully saturated rings. The van der Waals surface area contributed by atoms with Crippen molar-refractivity contribution in [2.75, 3.05) is 0 Å². The van der Waals surface area contributed by atoms with Crippen molar-refractivity contribution >= 4 is 17.9 Å². The molecule has 0 spiro atoms. The van der Waals surface area contributed by atoms with Gasteiger partial charge in [0.05, 0.1) is 13.0 Å². The van der Waals surface area contributed by atoms with Gasteiger partial charge in [-0.3, -0.25) is 4.79 Å². The van der Waals surface area contributed by atoms with E-state index in [1.54, 1.807) is 0 Å². The normalized spacial score (nSPS) is 11.6. The summed E-state index contributed by atoms with van der Waals surface area (Å²) < 4.78 is 0. The van der Waals surface area contributed by atoms with E-state index in [0.29, 0.717) is 0 Å². The van der Waals surface area contributed by atoms with Gasteiger partial charge in [0.15, 0.2) is 5.82 Å². The first-order chi connectivity index (χ1) is 8.49. The molecule has 1 heterocycles. The molecule has 6 N–H and O–H groups in total. The van der Waals surface area contributed by atoms with E-state index in [4.69, 9.17) is 10.8 Å². The van der Waals surface area contributed by atoms with Gasteiger partial charge in [0, 0.05) is 0 Å². The van der Waals surface area contributed by atoms with E-state index < -0.39 is 30.4 Å². The summed E-state index contributed by atoms with van der Waals surface area (Å²) in [6.45, 7) is -0.0365. The zero-order valence-corrected chi connectivity index (χ0v) is 9.08. The molecule has 3 amide bonds. The van der Waals surface area contributed by atoms with Crippen molar-refractivity contribution in [1.82, 2.24) is 31.3 Å². The smallest absolute Gasteiger partial charge is 0.326 e. The van der Waals surface area contributed by atoms with Crippen LogP contribution in [-0.2, 0) is 16.1 Å². The molecular formula is C7H11N7O4. The van der Waals surface area contributed by atoms with E-state index in [1.165, 1.54) is 0 Å². The number of carbonyl (C=O) groups excluding carboxylic acids is 2. The summed E-state index contributed by atoms with van der Waals surface area (Å²) in [5, 5.41) is 25.7. The number of hydrogen-bond acceptors (Lipinski definition) is 6. The predicted octanol–water partition coefficient (Wildman–Crippen LogP) is -2.67. The van der Waals surface area contributed by atoms with E-state index in [1.807, 2.05) is 0 Å². The molecule has 1 rings (SSSR count). The number of carbonyl (C=O) groups is 3. The Bertz CT molecular complexity index is 431. The third kappa shape index (κ3) is 4.42. The van der Waals surface area contributed by atoms with Crippen molar-refractivity contribution in [1.29, 1.82) is 0 Å². The number of rotatable bonds is 6. The zero-order chi connectivity index (χ0) is 13.5. The number of amides is 3. The molecule has 0 bridgehead atoms. The summed E-state index contributed by atoms with van der Waals surface area (Å²) in [6, 6.07) is -2.17. The van der Waals surface area contributed by atoms with Crippen LogP contribution < -0.4 is 16.4 Å². The minimum absolute atomic E-state index is 0.0365. The zero-order valence-electron chi connectivity index (χ0n) is 9.08. The minimum atomic E-state index is -1.38. The maximum atomic E-state index is 11.3. The molecule has 1 aromatic rings. The Labute approximate surface area is 100 Å². The highest BCUT2D eigenvalue weighted by molar-refractivity contribution is 5.87. The molecule has 0 aliphatic heterocycles. The Morgan fingerprint density at radius 2 is 2.17 bits per heavy atom. The average Bonchev–Trinajstić information content (AvgIpc) is 2.77. The van der Waals surface area contributed by atoms with Crippen LogP contribution in [-0.4, -0.2) is 49.7 Å². The number of aromatic amines is 1. The molecule has 0 saturated heterocycles. The number of nitrogens with one attached hydrogen (secondary N) is 3. The first-order valence-corrected chi connectivity index (χ1v) is 4.77. The lowest BCUT2D eigenvalue weighted by atomic mass is 10.2. The van der Waals surface area contributed by atoms with Crippen molar-refractivity contribution in [3.8, 4) is 0 Å². The molecular weight excluding hydrogens is 246 g/mol. The molecule has 11 nitrogen and oxygen atoms in total. The maximum absolute atomic E-state index is 11.3. The Morgan fingerprint density at radius 1 is 1.44 bits per heavy atom. The summed E-state index contributed by atoms with van der Waals surface area (Å²) in [5.74, 6) is -1.96. The van der Waals surface area contributed by atoms with Crippen LogP contribution in [0, 0.1) is 0 Å². The Hall–Kier alpha value is -2.72. The van der Waals surface area contributed by atoms with Crippen LogP contribution in [0.3, 0.4) is 0 Å². The molecule has 11 heteroatoms. The SMILES string of the molecule is NC(=O)CC(NC(=O)NCc1nn[nH]n1)C(=O)O. The second-order valence-corrected chi connectivity index (χ2v) is 3.22. The average molecular weight is 257 g/mol. The largest absolute Gasteiger partial charge is 0.480 e. The third-order valence-electron chi connectivity index (χ3n) is 1.80. The molecule has 0 radical (unpaired) electrons. The van der Waals surface area contributed by atoms with Crippen molar-refractivity contribution in [3.05, 3.63) is 5.82 Å². The monoisotopic (exact) mass is 257 g/mol. The van der Waals surface area contributed by atoms with E-state index >= 15 is 0 Å². The number of hydrogen-bond donors (Lipinski definition) is 5. The second-order valence-electron chi connectivity index (χ2n) is 3.22. The number of nitrogens with zero attached hydrogens (tertiary/aromatic N) is 3. The van der Waals surface area contributed by atoms with Gasteiger partial charge in [-0.05, 0) is 0 Å². The van der Waals surface area contributed by atoms with E-state index in [-0.39, 0.29) is 12.4 Å². The number of H-pyrrole nitrogens is 1. The number of nitrogens with two attached hydrogens (primary N) is 1. The lowest BCUT2D eigenvalue weighted by molar-refractivity contribution is -0.140. The van der Waals surface area contributed by atoms with Gasteiger partial charge in [-0.2, -0.15) is 5.21 Å². The van der Waals surface area contributed by atoms with E-state index in [9.17, 15) is 14.4 Å². The number of aromatic nitrogens is 4. The van der Waals surface area contributed by atoms with Gasteiger partial charge in [0.1, 0.15) is 6.04 Å². The van der Waals surface area contributed by atoms with Gasteiger partial charge in [-0.15, -0.1) is 10.2 Å². The number of aliphatic carboxylic acids is 1. The molecule has 0 saturated carbocycles. The predicted molar refractivity (Wildman–Crippen MR) is 54.8 cm³/mol. The first kappa shape index (κ1) is 13.3. The summed E-state index contributed by atoms with van der Waals surface area (Å²) in [6.07, 6.45) is -0.495. The maximum Gasteiger partial charge on any atom is 0.326 e. The molecule has 1 unspecified atom stereocenters. The van der Waals surface area contributed by atoms with Crippen LogP contribution in [0.25, 0.3) is 0 Å². The number of urea groups is 1. The van der Waals surface area contributed by atoms with Crippen LogP contribution in [0.2, 0.25) is 0 Å². The number of primary amides is 1. The highest BCUT2D eigenvalue weighted by Gasteiger charge is 2.21. The topological polar surface area (TPSA) is 176 Å². The fourth-order valence-electron chi connectivity index (χ4n) is 1.03. The summed E-state index contributed by atoms with van der Waals surface area (Å²) in [7, 11) is 0. The quantitative estimate of drug-likeness (QED) is 0.369.